The van der Waals surface area contributed by atoms with Crippen LogP contribution in [0, 0.1) is 5.82 Å². The van der Waals surface area contributed by atoms with Crippen LogP contribution in [0.3, 0.4) is 0 Å². The quantitative estimate of drug-likeness (QED) is 0.818. The van der Waals surface area contributed by atoms with Crippen LogP contribution in [0.15, 0.2) is 29.3 Å². The fraction of sp³-hybridized carbons (Fsp3) is 0.385. The van der Waals surface area contributed by atoms with Crippen LogP contribution in [-0.4, -0.2) is 25.7 Å². The van der Waals surface area contributed by atoms with Crippen molar-refractivity contribution in [2.24, 2.45) is 0 Å². The molecule has 4 nitrogen and oxygen atoms in total. The van der Waals surface area contributed by atoms with Crippen LogP contribution in [-0.2, 0) is 20.3 Å². The van der Waals surface area contributed by atoms with Crippen molar-refractivity contribution in [1.82, 2.24) is 4.57 Å². The topological polar surface area (TPSA) is 48.3 Å². The Kier molecular flexibility index (Phi) is 3.48. The molecule has 1 fully saturated rings. The zero-order chi connectivity index (χ0) is 14.3. The van der Waals surface area contributed by atoms with E-state index in [1.165, 1.54) is 18.3 Å². The minimum atomic E-state index is -3.92. The first-order valence-electron chi connectivity index (χ1n) is 6.30. The van der Waals surface area contributed by atoms with E-state index in [4.69, 9.17) is 15.4 Å². The van der Waals surface area contributed by atoms with Gasteiger partial charge >= 0.3 is 0 Å². The highest BCUT2D eigenvalue weighted by atomic mass is 35.7. The summed E-state index contributed by atoms with van der Waals surface area (Å²) >= 11 is 0. The predicted molar refractivity (Wildman–Crippen MR) is 73.9 cm³/mol. The second-order valence-corrected chi connectivity index (χ2v) is 7.41. The van der Waals surface area contributed by atoms with E-state index in [1.54, 1.807) is 10.6 Å². The molecule has 1 aliphatic heterocycles. The number of hydrogen-bond acceptors (Lipinski definition) is 3. The molecule has 2 aromatic rings. The number of benzene rings is 1. The van der Waals surface area contributed by atoms with E-state index in [1.807, 2.05) is 0 Å². The maximum Gasteiger partial charge on any atom is 0.263 e. The fourth-order valence-electron chi connectivity index (χ4n) is 2.59. The number of halogens is 2. The van der Waals surface area contributed by atoms with E-state index in [-0.39, 0.29) is 11.0 Å². The molecule has 1 aromatic heterocycles. The Balaban J connectivity index is 2.12. The van der Waals surface area contributed by atoms with Crippen molar-refractivity contribution in [2.45, 2.75) is 30.4 Å². The van der Waals surface area contributed by atoms with Gasteiger partial charge in [0.25, 0.3) is 9.05 Å². The molecule has 2 heterocycles. The highest BCUT2D eigenvalue weighted by Gasteiger charge is 2.22. The predicted octanol–water partition coefficient (Wildman–Crippen LogP) is 2.89. The van der Waals surface area contributed by atoms with Gasteiger partial charge in [-0.2, -0.15) is 0 Å². The Hall–Kier alpha value is -1.11. The molecule has 0 saturated carbocycles. The van der Waals surface area contributed by atoms with Crippen LogP contribution in [0.4, 0.5) is 4.39 Å². The van der Waals surface area contributed by atoms with Gasteiger partial charge in [0.05, 0.1) is 6.10 Å². The van der Waals surface area contributed by atoms with Crippen molar-refractivity contribution >= 4 is 30.6 Å². The molecule has 1 aliphatic rings. The molecule has 3 rings (SSSR count). The molecule has 0 bridgehead atoms. The van der Waals surface area contributed by atoms with Crippen LogP contribution in [0.25, 0.3) is 10.9 Å². The smallest absolute Gasteiger partial charge is 0.263 e. The van der Waals surface area contributed by atoms with Crippen molar-refractivity contribution < 1.29 is 17.5 Å². The maximum absolute atomic E-state index is 13.3. The second kappa shape index (κ2) is 5.02. The Morgan fingerprint density at radius 2 is 2.25 bits per heavy atom. The molecule has 1 atom stereocenters. The first-order chi connectivity index (χ1) is 9.45. The van der Waals surface area contributed by atoms with Gasteiger partial charge in [-0.1, -0.05) is 0 Å². The first kappa shape index (κ1) is 13.9. The highest BCUT2D eigenvalue weighted by molar-refractivity contribution is 8.14. The molecular formula is C13H13ClFNO3S. The molecule has 0 amide bonds. The summed E-state index contributed by atoms with van der Waals surface area (Å²) in [6.45, 7) is 1.26. The largest absolute Gasteiger partial charge is 0.376 e. The summed E-state index contributed by atoms with van der Waals surface area (Å²) in [5.41, 5.74) is 0.640. The van der Waals surface area contributed by atoms with E-state index in [9.17, 15) is 12.8 Å². The number of ether oxygens (including phenoxy) is 1. The summed E-state index contributed by atoms with van der Waals surface area (Å²) in [6, 6.07) is 4.06. The lowest BCUT2D eigenvalue weighted by atomic mass is 10.2. The van der Waals surface area contributed by atoms with Crippen molar-refractivity contribution in [2.75, 3.05) is 6.61 Å². The zero-order valence-electron chi connectivity index (χ0n) is 10.6. The van der Waals surface area contributed by atoms with Crippen molar-refractivity contribution in [3.63, 3.8) is 0 Å². The van der Waals surface area contributed by atoms with Crippen molar-refractivity contribution in [1.29, 1.82) is 0 Å². The molecule has 0 aliphatic carbocycles. The minimum Gasteiger partial charge on any atom is -0.376 e. The van der Waals surface area contributed by atoms with Crippen LogP contribution in [0.1, 0.15) is 12.8 Å². The van der Waals surface area contributed by atoms with Gasteiger partial charge in [-0.05, 0) is 31.0 Å². The molecule has 0 radical (unpaired) electrons. The Morgan fingerprint density at radius 1 is 1.45 bits per heavy atom. The summed E-state index contributed by atoms with van der Waals surface area (Å²) in [7, 11) is 1.51. The first-order valence-corrected chi connectivity index (χ1v) is 8.61. The van der Waals surface area contributed by atoms with E-state index < -0.39 is 14.9 Å². The summed E-state index contributed by atoms with van der Waals surface area (Å²) < 4.78 is 43.9. The Bertz CT molecular complexity index is 750. The van der Waals surface area contributed by atoms with Gasteiger partial charge in [-0.3, -0.25) is 0 Å². The highest BCUT2D eigenvalue weighted by Crippen LogP contribution is 2.29. The maximum atomic E-state index is 13.3. The SMILES string of the molecule is O=S(=O)(Cl)c1cn(CC2CCCO2)c2ccc(F)cc12. The molecule has 20 heavy (non-hydrogen) atoms. The lowest BCUT2D eigenvalue weighted by Crippen LogP contribution is -2.14. The Morgan fingerprint density at radius 3 is 2.90 bits per heavy atom. The van der Waals surface area contributed by atoms with E-state index in [0.29, 0.717) is 17.4 Å². The summed E-state index contributed by atoms with van der Waals surface area (Å²) in [4.78, 5) is -0.0633. The number of rotatable bonds is 3. The normalized spacial score (nSPS) is 19.8. The number of hydrogen-bond donors (Lipinski definition) is 0. The van der Waals surface area contributed by atoms with Crippen LogP contribution in [0.5, 0.6) is 0 Å². The van der Waals surface area contributed by atoms with Gasteiger partial charge in [0.1, 0.15) is 10.7 Å². The van der Waals surface area contributed by atoms with Crippen LogP contribution >= 0.6 is 10.7 Å². The molecule has 108 valence electrons. The van der Waals surface area contributed by atoms with Crippen molar-refractivity contribution in [3.05, 3.63) is 30.2 Å². The summed E-state index contributed by atoms with van der Waals surface area (Å²) in [5.74, 6) is -0.492. The molecule has 1 saturated heterocycles. The summed E-state index contributed by atoms with van der Waals surface area (Å²) in [5, 5.41) is 0.304. The van der Waals surface area contributed by atoms with E-state index in [2.05, 4.69) is 0 Å². The van der Waals surface area contributed by atoms with Gasteiger partial charge in [-0.25, -0.2) is 12.8 Å². The van der Waals surface area contributed by atoms with Gasteiger partial charge < -0.3 is 9.30 Å². The number of fused-ring (bicyclic) bond motifs is 1. The molecule has 1 aromatic carbocycles. The Labute approximate surface area is 120 Å². The van der Waals surface area contributed by atoms with Gasteiger partial charge in [0.15, 0.2) is 0 Å². The third kappa shape index (κ3) is 2.55. The molecular weight excluding hydrogens is 305 g/mol. The lowest BCUT2D eigenvalue weighted by Gasteiger charge is -2.11. The lowest BCUT2D eigenvalue weighted by molar-refractivity contribution is 0.0979. The van der Waals surface area contributed by atoms with Crippen LogP contribution < -0.4 is 0 Å². The van der Waals surface area contributed by atoms with Crippen molar-refractivity contribution in [3.8, 4) is 0 Å². The third-order valence-corrected chi connectivity index (χ3v) is 4.84. The van der Waals surface area contributed by atoms with Crippen LogP contribution in [0.2, 0.25) is 0 Å². The van der Waals surface area contributed by atoms with Gasteiger partial charge in [0, 0.05) is 40.9 Å². The van der Waals surface area contributed by atoms with Gasteiger partial charge in [0.2, 0.25) is 0 Å². The number of aromatic nitrogens is 1. The van der Waals surface area contributed by atoms with E-state index >= 15 is 0 Å². The fourth-order valence-corrected chi connectivity index (χ4v) is 3.64. The molecule has 1 unspecified atom stereocenters. The average Bonchev–Trinajstić information content (AvgIpc) is 2.97. The molecule has 0 spiro atoms. The number of nitrogens with zero attached hydrogens (tertiary/aromatic N) is 1. The second-order valence-electron chi connectivity index (χ2n) is 4.88. The molecule has 7 heteroatoms. The van der Waals surface area contributed by atoms with Gasteiger partial charge in [-0.15, -0.1) is 0 Å². The monoisotopic (exact) mass is 317 g/mol. The standard InChI is InChI=1S/C13H13ClFNO3S/c14-20(17,18)13-8-16(7-10-2-1-5-19-10)12-4-3-9(15)6-11(12)13/h3-4,6,8,10H,1-2,5,7H2. The summed E-state index contributed by atoms with van der Waals surface area (Å²) in [6.07, 6.45) is 3.44. The zero-order valence-corrected chi connectivity index (χ0v) is 12.1. The van der Waals surface area contributed by atoms with E-state index in [0.717, 1.165) is 19.4 Å². The average molecular weight is 318 g/mol. The molecule has 0 N–H and O–H groups in total. The minimum absolute atomic E-state index is 0.0570. The third-order valence-electron chi connectivity index (χ3n) is 3.49.